The Balaban J connectivity index is 1.52. The molecule has 2 aromatic carbocycles. The van der Waals surface area contributed by atoms with Crippen molar-refractivity contribution >= 4 is 16.9 Å². The topological polar surface area (TPSA) is 78.3 Å². The van der Waals surface area contributed by atoms with E-state index in [0.717, 1.165) is 34.5 Å². The summed E-state index contributed by atoms with van der Waals surface area (Å²) in [5, 5.41) is 11.3. The van der Waals surface area contributed by atoms with Crippen LogP contribution in [0.1, 0.15) is 31.9 Å². The largest absolute Gasteiger partial charge is 0.490 e. The first-order valence-corrected chi connectivity index (χ1v) is 9.59. The molecule has 0 fully saturated rings. The van der Waals surface area contributed by atoms with Crippen molar-refractivity contribution in [1.82, 2.24) is 20.3 Å². The number of carbonyl (C=O) groups is 1. The van der Waals surface area contributed by atoms with E-state index in [0.29, 0.717) is 13.2 Å². The van der Waals surface area contributed by atoms with Gasteiger partial charge in [0, 0.05) is 6.42 Å². The van der Waals surface area contributed by atoms with Crippen molar-refractivity contribution in [1.29, 1.82) is 0 Å². The predicted molar refractivity (Wildman–Crippen MR) is 105 cm³/mol. The smallest absolute Gasteiger partial charge is 0.242 e. The van der Waals surface area contributed by atoms with Crippen LogP contribution in [0.3, 0.4) is 0 Å². The van der Waals surface area contributed by atoms with Crippen LogP contribution in [0.5, 0.6) is 11.5 Å². The van der Waals surface area contributed by atoms with Crippen molar-refractivity contribution < 1.29 is 14.3 Å². The fraction of sp³-hybridized carbons (Fsp3) is 0.381. The standard InChI is InChI=1S/C21H24N4O3/c1-14(2)21(15-8-9-18-19(12-15)28-11-5-10-27-18)22-20(26)13-25-17-7-4-3-6-16(17)23-24-25/h3-4,6-9,12,14,21H,5,10-11,13H2,1-2H3,(H,22,26)/t21-/m0/s1. The molecule has 4 rings (SSSR count). The van der Waals surface area contributed by atoms with Gasteiger partial charge in [-0.2, -0.15) is 0 Å². The van der Waals surface area contributed by atoms with Crippen molar-refractivity contribution in [2.45, 2.75) is 32.9 Å². The third kappa shape index (κ3) is 3.78. The van der Waals surface area contributed by atoms with E-state index in [1.165, 1.54) is 0 Å². The van der Waals surface area contributed by atoms with Gasteiger partial charge in [0.1, 0.15) is 12.1 Å². The predicted octanol–water partition coefficient (Wildman–Crippen LogP) is 3.11. The van der Waals surface area contributed by atoms with Crippen LogP contribution >= 0.6 is 0 Å². The molecule has 1 aliphatic rings. The van der Waals surface area contributed by atoms with Crippen LogP contribution < -0.4 is 14.8 Å². The van der Waals surface area contributed by atoms with Crippen molar-refractivity contribution in [2.24, 2.45) is 5.92 Å². The van der Waals surface area contributed by atoms with Gasteiger partial charge in [-0.15, -0.1) is 5.10 Å². The van der Waals surface area contributed by atoms with E-state index in [-0.39, 0.29) is 24.4 Å². The molecular weight excluding hydrogens is 356 g/mol. The molecule has 1 amide bonds. The molecule has 1 aliphatic heterocycles. The van der Waals surface area contributed by atoms with Gasteiger partial charge in [0.25, 0.3) is 0 Å². The van der Waals surface area contributed by atoms with Gasteiger partial charge in [-0.3, -0.25) is 4.79 Å². The van der Waals surface area contributed by atoms with Crippen molar-refractivity contribution in [3.05, 3.63) is 48.0 Å². The van der Waals surface area contributed by atoms with E-state index in [9.17, 15) is 4.79 Å². The highest BCUT2D eigenvalue weighted by Gasteiger charge is 2.21. The van der Waals surface area contributed by atoms with Gasteiger partial charge in [0.2, 0.25) is 5.91 Å². The Morgan fingerprint density at radius 2 is 1.93 bits per heavy atom. The second-order valence-corrected chi connectivity index (χ2v) is 7.28. The first-order valence-electron chi connectivity index (χ1n) is 9.59. The highest BCUT2D eigenvalue weighted by Crippen LogP contribution is 2.34. The maximum absolute atomic E-state index is 12.7. The molecule has 1 N–H and O–H groups in total. The van der Waals surface area contributed by atoms with E-state index in [2.05, 4.69) is 29.5 Å². The number of nitrogens with zero attached hydrogens (tertiary/aromatic N) is 3. The zero-order valence-corrected chi connectivity index (χ0v) is 16.1. The molecule has 0 radical (unpaired) electrons. The molecule has 0 saturated carbocycles. The summed E-state index contributed by atoms with van der Waals surface area (Å²) in [5.74, 6) is 1.59. The summed E-state index contributed by atoms with van der Waals surface area (Å²) in [4.78, 5) is 12.7. The van der Waals surface area contributed by atoms with Gasteiger partial charge in [0.15, 0.2) is 11.5 Å². The van der Waals surface area contributed by atoms with Crippen LogP contribution in [-0.2, 0) is 11.3 Å². The maximum atomic E-state index is 12.7. The summed E-state index contributed by atoms with van der Waals surface area (Å²) >= 11 is 0. The highest BCUT2D eigenvalue weighted by molar-refractivity contribution is 5.80. The molecule has 0 unspecified atom stereocenters. The van der Waals surface area contributed by atoms with Crippen LogP contribution in [0.25, 0.3) is 11.0 Å². The molecule has 2 heterocycles. The SMILES string of the molecule is CC(C)[C@H](NC(=O)Cn1nnc2ccccc21)c1ccc2c(c1)OCCCO2. The zero-order chi connectivity index (χ0) is 19.5. The summed E-state index contributed by atoms with van der Waals surface area (Å²) in [6.07, 6.45) is 0.861. The Morgan fingerprint density at radius 3 is 2.75 bits per heavy atom. The minimum Gasteiger partial charge on any atom is -0.490 e. The van der Waals surface area contributed by atoms with Gasteiger partial charge >= 0.3 is 0 Å². The lowest BCUT2D eigenvalue weighted by Crippen LogP contribution is -2.34. The number of fused-ring (bicyclic) bond motifs is 2. The third-order valence-electron chi connectivity index (χ3n) is 4.83. The number of rotatable bonds is 5. The number of ether oxygens (including phenoxy) is 2. The Morgan fingerprint density at radius 1 is 1.14 bits per heavy atom. The summed E-state index contributed by atoms with van der Waals surface area (Å²) in [7, 11) is 0. The molecule has 28 heavy (non-hydrogen) atoms. The average Bonchev–Trinajstić information content (AvgIpc) is 2.94. The summed E-state index contributed by atoms with van der Waals surface area (Å²) < 4.78 is 13.1. The summed E-state index contributed by atoms with van der Waals surface area (Å²) in [6.45, 7) is 5.57. The number of amides is 1. The highest BCUT2D eigenvalue weighted by atomic mass is 16.5. The van der Waals surface area contributed by atoms with Gasteiger partial charge < -0.3 is 14.8 Å². The van der Waals surface area contributed by atoms with Gasteiger partial charge in [-0.1, -0.05) is 37.3 Å². The Bertz CT molecular complexity index is 983. The molecule has 0 spiro atoms. The van der Waals surface area contributed by atoms with Crippen LogP contribution in [0.2, 0.25) is 0 Å². The molecule has 0 aliphatic carbocycles. The summed E-state index contributed by atoms with van der Waals surface area (Å²) in [6, 6.07) is 13.3. The van der Waals surface area contributed by atoms with Crippen LogP contribution in [0.4, 0.5) is 0 Å². The Hall–Kier alpha value is -3.09. The molecule has 146 valence electrons. The number of nitrogens with one attached hydrogen (secondary N) is 1. The number of hydrogen-bond donors (Lipinski definition) is 1. The van der Waals surface area contributed by atoms with Crippen molar-refractivity contribution in [3.8, 4) is 11.5 Å². The van der Waals surface area contributed by atoms with E-state index >= 15 is 0 Å². The number of hydrogen-bond acceptors (Lipinski definition) is 5. The van der Waals surface area contributed by atoms with E-state index in [1.807, 2.05) is 42.5 Å². The van der Waals surface area contributed by atoms with Crippen LogP contribution in [0, 0.1) is 5.92 Å². The lowest BCUT2D eigenvalue weighted by atomic mass is 9.95. The van der Waals surface area contributed by atoms with E-state index < -0.39 is 0 Å². The van der Waals surface area contributed by atoms with Gasteiger partial charge in [-0.25, -0.2) is 4.68 Å². The molecule has 0 bridgehead atoms. The van der Waals surface area contributed by atoms with Crippen LogP contribution in [-0.4, -0.2) is 34.1 Å². The fourth-order valence-corrected chi connectivity index (χ4v) is 3.40. The molecular formula is C21H24N4O3. The van der Waals surface area contributed by atoms with Crippen molar-refractivity contribution in [3.63, 3.8) is 0 Å². The lowest BCUT2D eigenvalue weighted by Gasteiger charge is -2.24. The van der Waals surface area contributed by atoms with Crippen LogP contribution in [0.15, 0.2) is 42.5 Å². The minimum atomic E-state index is -0.139. The molecule has 1 aromatic heterocycles. The second kappa shape index (κ2) is 7.88. The average molecular weight is 380 g/mol. The van der Waals surface area contributed by atoms with Gasteiger partial charge in [-0.05, 0) is 35.7 Å². The normalized spacial score (nSPS) is 14.7. The molecule has 0 saturated heterocycles. The third-order valence-corrected chi connectivity index (χ3v) is 4.83. The first-order chi connectivity index (χ1) is 13.6. The maximum Gasteiger partial charge on any atom is 0.242 e. The minimum absolute atomic E-state index is 0.110. The molecule has 3 aromatic rings. The summed E-state index contributed by atoms with van der Waals surface area (Å²) in [5.41, 5.74) is 2.61. The molecule has 1 atom stereocenters. The number of carbonyl (C=O) groups excluding carboxylic acids is 1. The Kier molecular flexibility index (Phi) is 5.14. The molecule has 7 nitrogen and oxygen atoms in total. The second-order valence-electron chi connectivity index (χ2n) is 7.28. The van der Waals surface area contributed by atoms with E-state index in [4.69, 9.17) is 9.47 Å². The number of aromatic nitrogens is 3. The monoisotopic (exact) mass is 380 g/mol. The van der Waals surface area contributed by atoms with Crippen molar-refractivity contribution in [2.75, 3.05) is 13.2 Å². The number of benzene rings is 2. The zero-order valence-electron chi connectivity index (χ0n) is 16.1. The fourth-order valence-electron chi connectivity index (χ4n) is 3.40. The van der Waals surface area contributed by atoms with Gasteiger partial charge in [0.05, 0.1) is 24.8 Å². The first kappa shape index (κ1) is 18.3. The lowest BCUT2D eigenvalue weighted by molar-refractivity contribution is -0.122. The number of para-hydroxylation sites is 1. The quantitative estimate of drug-likeness (QED) is 0.736. The van der Waals surface area contributed by atoms with E-state index in [1.54, 1.807) is 4.68 Å². The molecule has 7 heteroatoms. The Labute approximate surface area is 163 Å².